The number of hydrogen-bond donors (Lipinski definition) is 3. The van der Waals surface area contributed by atoms with Crippen LogP contribution in [0.2, 0.25) is 0 Å². The van der Waals surface area contributed by atoms with Crippen molar-refractivity contribution in [3.05, 3.63) is 0 Å². The summed E-state index contributed by atoms with van der Waals surface area (Å²) in [4.78, 5) is 24.1. The zero-order valence-electron chi connectivity index (χ0n) is 13.2. The lowest BCUT2D eigenvalue weighted by atomic mass is 9.62. The predicted octanol–water partition coefficient (Wildman–Crippen LogP) is 1.35. The Morgan fingerprint density at radius 2 is 2.10 bits per heavy atom. The van der Waals surface area contributed by atoms with Gasteiger partial charge in [-0.15, -0.1) is 0 Å². The average Bonchev–Trinajstić information content (AvgIpc) is 2.61. The fraction of sp³-hybridized carbons (Fsp3) is 0.875. The number of carbonyl (C=O) groups is 2. The molecule has 3 N–H and O–H groups in total. The van der Waals surface area contributed by atoms with Crippen molar-refractivity contribution in [2.24, 2.45) is 11.3 Å². The van der Waals surface area contributed by atoms with Crippen LogP contribution in [0.4, 0.5) is 0 Å². The molecule has 2 amide bonds. The van der Waals surface area contributed by atoms with Crippen molar-refractivity contribution in [2.75, 3.05) is 6.61 Å². The molecule has 0 aromatic carbocycles. The van der Waals surface area contributed by atoms with Gasteiger partial charge in [0.1, 0.15) is 6.04 Å². The zero-order chi connectivity index (χ0) is 15.5. The van der Waals surface area contributed by atoms with Crippen molar-refractivity contribution in [3.63, 3.8) is 0 Å². The van der Waals surface area contributed by atoms with Gasteiger partial charge in [-0.25, -0.2) is 0 Å². The van der Waals surface area contributed by atoms with E-state index in [0.717, 1.165) is 32.1 Å². The molecule has 1 saturated heterocycles. The van der Waals surface area contributed by atoms with E-state index in [1.807, 2.05) is 0 Å². The number of nitrogens with one attached hydrogen (secondary N) is 2. The summed E-state index contributed by atoms with van der Waals surface area (Å²) in [5, 5.41) is 15.7. The van der Waals surface area contributed by atoms with Crippen molar-refractivity contribution in [1.29, 1.82) is 0 Å². The van der Waals surface area contributed by atoms with E-state index in [-0.39, 0.29) is 35.8 Å². The van der Waals surface area contributed by atoms with Gasteiger partial charge in [0.2, 0.25) is 11.8 Å². The normalized spacial score (nSPS) is 26.5. The Labute approximate surface area is 126 Å². The molecule has 2 fully saturated rings. The molecule has 1 heterocycles. The van der Waals surface area contributed by atoms with E-state index in [1.54, 1.807) is 0 Å². The third kappa shape index (κ3) is 3.57. The van der Waals surface area contributed by atoms with Crippen molar-refractivity contribution < 1.29 is 14.7 Å². The van der Waals surface area contributed by atoms with Gasteiger partial charge >= 0.3 is 0 Å². The summed E-state index contributed by atoms with van der Waals surface area (Å²) in [7, 11) is 0. The number of carbonyl (C=O) groups excluding carboxylic acids is 2. The molecule has 2 atom stereocenters. The Bertz CT molecular complexity index is 385. The minimum Gasteiger partial charge on any atom is -0.396 e. The molecule has 2 rings (SSSR count). The second-order valence-electron chi connectivity index (χ2n) is 6.97. The van der Waals surface area contributed by atoms with E-state index in [2.05, 4.69) is 24.5 Å². The molecule has 0 radical (unpaired) electrons. The fourth-order valence-electron chi connectivity index (χ4n) is 3.65. The van der Waals surface area contributed by atoms with Gasteiger partial charge < -0.3 is 15.7 Å². The van der Waals surface area contributed by atoms with Crippen LogP contribution in [0.1, 0.15) is 58.8 Å². The molecule has 2 aliphatic rings. The number of amides is 2. The van der Waals surface area contributed by atoms with Crippen molar-refractivity contribution in [1.82, 2.24) is 10.6 Å². The molecule has 120 valence electrons. The fourth-order valence-corrected chi connectivity index (χ4v) is 3.65. The summed E-state index contributed by atoms with van der Waals surface area (Å²) in [6.07, 6.45) is 6.00. The van der Waals surface area contributed by atoms with E-state index in [0.29, 0.717) is 12.8 Å². The van der Waals surface area contributed by atoms with Crippen LogP contribution in [0.3, 0.4) is 0 Å². The van der Waals surface area contributed by atoms with Gasteiger partial charge in [0, 0.05) is 17.9 Å². The summed E-state index contributed by atoms with van der Waals surface area (Å²) < 4.78 is 0. The zero-order valence-corrected chi connectivity index (χ0v) is 13.2. The lowest BCUT2D eigenvalue weighted by Crippen LogP contribution is -2.59. The van der Waals surface area contributed by atoms with Gasteiger partial charge in [0.15, 0.2) is 0 Å². The monoisotopic (exact) mass is 296 g/mol. The number of aliphatic hydroxyl groups is 1. The third-order valence-corrected chi connectivity index (χ3v) is 5.09. The molecule has 1 saturated carbocycles. The van der Waals surface area contributed by atoms with E-state index in [1.165, 1.54) is 0 Å². The van der Waals surface area contributed by atoms with E-state index >= 15 is 0 Å². The number of hydrogen-bond acceptors (Lipinski definition) is 3. The predicted molar refractivity (Wildman–Crippen MR) is 80.5 cm³/mol. The van der Waals surface area contributed by atoms with E-state index in [9.17, 15) is 14.7 Å². The second-order valence-corrected chi connectivity index (χ2v) is 6.97. The highest BCUT2D eigenvalue weighted by Gasteiger charge is 2.46. The van der Waals surface area contributed by atoms with Crippen LogP contribution in [0.15, 0.2) is 0 Å². The van der Waals surface area contributed by atoms with E-state index < -0.39 is 6.04 Å². The Balaban J connectivity index is 2.02. The molecule has 0 unspecified atom stereocenters. The van der Waals surface area contributed by atoms with Gasteiger partial charge in [-0.3, -0.25) is 9.59 Å². The second kappa shape index (κ2) is 6.77. The first-order valence-corrected chi connectivity index (χ1v) is 8.19. The standard InChI is InChI=1S/C16H28N2O3/c1-11(2)14(16(10-19)8-5-9-16)18-15(21)12-6-3-4-7-13(20)17-12/h11-12,14,19H,3-10H2,1-2H3,(H,17,20)(H,18,21)/t12-,14+/m0/s1. The molecule has 0 aromatic rings. The van der Waals surface area contributed by atoms with Crippen LogP contribution in [0.5, 0.6) is 0 Å². The van der Waals surface area contributed by atoms with Crippen LogP contribution in [0, 0.1) is 11.3 Å². The Kier molecular flexibility index (Phi) is 5.25. The first kappa shape index (κ1) is 16.3. The maximum Gasteiger partial charge on any atom is 0.242 e. The van der Waals surface area contributed by atoms with Crippen molar-refractivity contribution in [3.8, 4) is 0 Å². The van der Waals surface area contributed by atoms with Crippen LogP contribution >= 0.6 is 0 Å². The quantitative estimate of drug-likeness (QED) is 0.716. The summed E-state index contributed by atoms with van der Waals surface area (Å²) in [5.74, 6) is 0.140. The smallest absolute Gasteiger partial charge is 0.242 e. The summed E-state index contributed by atoms with van der Waals surface area (Å²) in [6, 6.07) is -0.444. The molecular weight excluding hydrogens is 268 g/mol. The first-order chi connectivity index (χ1) is 9.98. The molecular formula is C16H28N2O3. The van der Waals surface area contributed by atoms with Gasteiger partial charge in [0.05, 0.1) is 6.61 Å². The molecule has 5 heteroatoms. The minimum atomic E-state index is -0.419. The molecule has 0 bridgehead atoms. The SMILES string of the molecule is CC(C)[C@@H](NC(=O)[C@@H]1CCCCC(=O)N1)C1(CO)CCC1. The van der Waals surface area contributed by atoms with Crippen LogP contribution in [-0.2, 0) is 9.59 Å². The number of rotatable bonds is 5. The lowest BCUT2D eigenvalue weighted by molar-refractivity contribution is -0.131. The Morgan fingerprint density at radius 3 is 2.62 bits per heavy atom. The van der Waals surface area contributed by atoms with Crippen LogP contribution in [-0.4, -0.2) is 35.6 Å². The van der Waals surface area contributed by atoms with E-state index in [4.69, 9.17) is 0 Å². The maximum atomic E-state index is 12.5. The molecule has 21 heavy (non-hydrogen) atoms. The highest BCUT2D eigenvalue weighted by atomic mass is 16.3. The molecule has 5 nitrogen and oxygen atoms in total. The summed E-state index contributed by atoms with van der Waals surface area (Å²) in [6.45, 7) is 4.27. The third-order valence-electron chi connectivity index (χ3n) is 5.09. The van der Waals surface area contributed by atoms with Gasteiger partial charge in [-0.05, 0) is 31.6 Å². The molecule has 1 aliphatic carbocycles. The molecule has 1 aliphatic heterocycles. The van der Waals surface area contributed by atoms with Crippen LogP contribution in [0.25, 0.3) is 0 Å². The van der Waals surface area contributed by atoms with Crippen LogP contribution < -0.4 is 10.6 Å². The summed E-state index contributed by atoms with van der Waals surface area (Å²) >= 11 is 0. The van der Waals surface area contributed by atoms with Gasteiger partial charge in [-0.2, -0.15) is 0 Å². The number of aliphatic hydroxyl groups excluding tert-OH is 1. The molecule has 0 aromatic heterocycles. The van der Waals surface area contributed by atoms with Crippen molar-refractivity contribution >= 4 is 11.8 Å². The first-order valence-electron chi connectivity index (χ1n) is 8.19. The Morgan fingerprint density at radius 1 is 1.38 bits per heavy atom. The summed E-state index contributed by atoms with van der Waals surface area (Å²) in [5.41, 5.74) is -0.168. The maximum absolute atomic E-state index is 12.5. The van der Waals surface area contributed by atoms with Crippen molar-refractivity contribution in [2.45, 2.75) is 70.9 Å². The lowest BCUT2D eigenvalue weighted by Gasteiger charge is -2.48. The largest absolute Gasteiger partial charge is 0.396 e. The highest BCUT2D eigenvalue weighted by Crippen LogP contribution is 2.45. The Hall–Kier alpha value is -1.10. The van der Waals surface area contributed by atoms with Gasteiger partial charge in [-0.1, -0.05) is 26.7 Å². The average molecular weight is 296 g/mol. The molecule has 0 spiro atoms. The van der Waals surface area contributed by atoms with Gasteiger partial charge in [0.25, 0.3) is 0 Å². The highest BCUT2D eigenvalue weighted by molar-refractivity contribution is 5.88. The topological polar surface area (TPSA) is 78.4 Å². The minimum absolute atomic E-state index is 0.0242.